The first-order valence-electron chi connectivity index (χ1n) is 11.3. The number of carbonyl (C=O) groups excluding carboxylic acids is 1. The van der Waals surface area contributed by atoms with Crippen LogP contribution in [-0.4, -0.2) is 35.4 Å². The third-order valence-electron chi connectivity index (χ3n) is 6.58. The predicted octanol–water partition coefficient (Wildman–Crippen LogP) is 3.60. The highest BCUT2D eigenvalue weighted by atomic mass is 19.1. The van der Waals surface area contributed by atoms with Crippen molar-refractivity contribution in [3.05, 3.63) is 95.1 Å². The third kappa shape index (κ3) is 3.54. The van der Waals surface area contributed by atoms with E-state index in [0.717, 1.165) is 18.2 Å². The van der Waals surface area contributed by atoms with E-state index in [1.54, 1.807) is 42.0 Å². The second kappa shape index (κ2) is 8.05. The van der Waals surface area contributed by atoms with E-state index in [1.807, 2.05) is 0 Å². The molecule has 0 spiro atoms. The van der Waals surface area contributed by atoms with Crippen LogP contribution in [0.5, 0.6) is 5.75 Å². The lowest BCUT2D eigenvalue weighted by Gasteiger charge is -2.23. The molecule has 2 aromatic carbocycles. The largest absolute Gasteiger partial charge is 0.508 e. The van der Waals surface area contributed by atoms with Crippen LogP contribution in [0, 0.1) is 11.6 Å². The highest BCUT2D eigenvalue weighted by Crippen LogP contribution is 2.45. The molecule has 0 bridgehead atoms. The highest BCUT2D eigenvalue weighted by Gasteiger charge is 2.47. The smallest absolute Gasteiger partial charge is 0.240 e. The molecule has 5 aromatic rings. The number of fused-ring (bicyclic) bond motifs is 2. The van der Waals surface area contributed by atoms with Gasteiger partial charge in [-0.25, -0.2) is 28.7 Å². The summed E-state index contributed by atoms with van der Waals surface area (Å²) in [6, 6.07) is 9.59. The quantitative estimate of drug-likeness (QED) is 0.344. The number of amides is 1. The van der Waals surface area contributed by atoms with Crippen LogP contribution in [0.1, 0.15) is 29.3 Å². The van der Waals surface area contributed by atoms with Gasteiger partial charge in [0.1, 0.15) is 40.1 Å². The second-order valence-electron chi connectivity index (χ2n) is 8.93. The van der Waals surface area contributed by atoms with Crippen LogP contribution in [0.15, 0.2) is 61.1 Å². The Kier molecular flexibility index (Phi) is 4.90. The minimum Gasteiger partial charge on any atom is -0.508 e. The van der Waals surface area contributed by atoms with Crippen LogP contribution in [0.4, 0.5) is 20.4 Å². The van der Waals surface area contributed by atoms with Gasteiger partial charge in [-0.3, -0.25) is 4.79 Å². The molecular formula is C26H19F2N7O2. The molecule has 1 amide bonds. The van der Waals surface area contributed by atoms with E-state index >= 15 is 0 Å². The van der Waals surface area contributed by atoms with E-state index in [2.05, 4.69) is 25.3 Å². The normalized spacial score (nSPS) is 16.7. The van der Waals surface area contributed by atoms with Gasteiger partial charge in [-0.15, -0.1) is 0 Å². The number of anilines is 2. The van der Waals surface area contributed by atoms with E-state index in [0.29, 0.717) is 28.2 Å². The molecule has 4 N–H and O–H groups in total. The molecular weight excluding hydrogens is 480 g/mol. The van der Waals surface area contributed by atoms with E-state index < -0.39 is 17.0 Å². The number of halogens is 2. The molecule has 4 heterocycles. The van der Waals surface area contributed by atoms with Gasteiger partial charge in [-0.2, -0.15) is 0 Å². The van der Waals surface area contributed by atoms with Crippen LogP contribution in [-0.2, 0) is 16.6 Å². The summed E-state index contributed by atoms with van der Waals surface area (Å²) in [6.07, 6.45) is 4.86. The van der Waals surface area contributed by atoms with Gasteiger partial charge in [0, 0.05) is 25.0 Å². The summed E-state index contributed by atoms with van der Waals surface area (Å²) in [7, 11) is 0. The Labute approximate surface area is 208 Å². The molecule has 0 saturated heterocycles. The summed E-state index contributed by atoms with van der Waals surface area (Å²) >= 11 is 0. The molecule has 11 heteroatoms. The van der Waals surface area contributed by atoms with E-state index in [9.17, 15) is 18.7 Å². The number of phenolic OH excluding ortho intramolecular Hbond substituents is 1. The highest BCUT2D eigenvalue weighted by molar-refractivity contribution is 6.09. The van der Waals surface area contributed by atoms with Gasteiger partial charge < -0.3 is 20.6 Å². The van der Waals surface area contributed by atoms with Gasteiger partial charge in [0.15, 0.2) is 11.5 Å². The number of hydrogen-bond donors (Lipinski definition) is 3. The maximum absolute atomic E-state index is 14.4. The first kappa shape index (κ1) is 22.5. The van der Waals surface area contributed by atoms with Gasteiger partial charge in [-0.1, -0.05) is 12.1 Å². The molecule has 37 heavy (non-hydrogen) atoms. The van der Waals surface area contributed by atoms with Crippen molar-refractivity contribution in [1.82, 2.24) is 24.3 Å². The van der Waals surface area contributed by atoms with E-state index in [4.69, 9.17) is 5.73 Å². The zero-order valence-electron chi connectivity index (χ0n) is 19.4. The standard InChI is InChI=1S/C26H19F2N7O2/c1-26(14-3-2-4-16(36)11-14)20-21(29)32-22(33-23(20)34-25(26)37)19-12-35-8-7-30-24(35)18(31-19)10-13-9-15(27)5-6-17(13)28/h2-9,11-12,36H,10H2,1H3,(H3,29,32,33,34,37). The molecule has 1 aliphatic rings. The van der Waals surface area contributed by atoms with E-state index in [-0.39, 0.29) is 41.1 Å². The Morgan fingerprint density at radius 2 is 1.97 bits per heavy atom. The number of benzene rings is 2. The van der Waals surface area contributed by atoms with Crippen LogP contribution >= 0.6 is 0 Å². The first-order valence-corrected chi connectivity index (χ1v) is 11.3. The fraction of sp³-hybridized carbons (Fsp3) is 0.115. The van der Waals surface area contributed by atoms with Gasteiger partial charge in [0.2, 0.25) is 5.91 Å². The molecule has 1 atom stereocenters. The third-order valence-corrected chi connectivity index (χ3v) is 6.58. The number of carbonyl (C=O) groups is 1. The summed E-state index contributed by atoms with van der Waals surface area (Å²) in [5.41, 5.74) is 7.33. The van der Waals surface area contributed by atoms with Crippen LogP contribution in [0.25, 0.3) is 17.2 Å². The van der Waals surface area contributed by atoms with Gasteiger partial charge >= 0.3 is 0 Å². The average Bonchev–Trinajstić information content (AvgIpc) is 3.44. The maximum atomic E-state index is 14.4. The SMILES string of the molecule is CC1(c2cccc(O)c2)C(=O)Nc2nc(-c3cn4ccnc4c(Cc4cc(F)ccc4F)n3)nc(N)c21. The Hall–Kier alpha value is -4.93. The number of aromatic nitrogens is 5. The molecule has 0 saturated carbocycles. The monoisotopic (exact) mass is 499 g/mol. The molecule has 184 valence electrons. The number of imidazole rings is 1. The Bertz CT molecular complexity index is 1740. The number of nitrogens with zero attached hydrogens (tertiary/aromatic N) is 5. The molecule has 0 fully saturated rings. The lowest BCUT2D eigenvalue weighted by molar-refractivity contribution is -0.119. The summed E-state index contributed by atoms with van der Waals surface area (Å²) in [6.45, 7) is 1.68. The molecule has 1 aliphatic heterocycles. The van der Waals surface area contributed by atoms with Crippen LogP contribution in [0.2, 0.25) is 0 Å². The van der Waals surface area contributed by atoms with Crippen molar-refractivity contribution < 1.29 is 18.7 Å². The molecule has 6 rings (SSSR count). The minimum absolute atomic E-state index is 0.0104. The second-order valence-corrected chi connectivity index (χ2v) is 8.93. The van der Waals surface area contributed by atoms with Crippen molar-refractivity contribution in [3.63, 3.8) is 0 Å². The Morgan fingerprint density at radius 1 is 1.14 bits per heavy atom. The van der Waals surface area contributed by atoms with Gasteiger partial charge in [-0.05, 0) is 48.4 Å². The molecule has 3 aromatic heterocycles. The van der Waals surface area contributed by atoms with E-state index in [1.165, 1.54) is 12.1 Å². The number of hydrogen-bond acceptors (Lipinski definition) is 7. The van der Waals surface area contributed by atoms with Crippen molar-refractivity contribution in [2.24, 2.45) is 0 Å². The molecule has 9 nitrogen and oxygen atoms in total. The van der Waals surface area contributed by atoms with Crippen molar-refractivity contribution in [2.75, 3.05) is 11.1 Å². The first-order chi connectivity index (χ1) is 17.7. The zero-order valence-corrected chi connectivity index (χ0v) is 19.4. The number of phenols is 1. The summed E-state index contributed by atoms with van der Waals surface area (Å²) < 4.78 is 29.8. The molecule has 1 unspecified atom stereocenters. The van der Waals surface area contributed by atoms with Gasteiger partial charge in [0.05, 0.1) is 11.3 Å². The number of nitrogens with one attached hydrogen (secondary N) is 1. The van der Waals surface area contributed by atoms with Crippen molar-refractivity contribution in [2.45, 2.75) is 18.8 Å². The number of aromatic hydroxyl groups is 1. The lowest BCUT2D eigenvalue weighted by atomic mass is 9.77. The number of nitrogens with two attached hydrogens (primary N) is 1. The minimum atomic E-state index is -1.22. The summed E-state index contributed by atoms with van der Waals surface area (Å²) in [5, 5.41) is 12.7. The summed E-state index contributed by atoms with van der Waals surface area (Å²) in [5.74, 6) is -1.06. The van der Waals surface area contributed by atoms with Crippen molar-refractivity contribution in [1.29, 1.82) is 0 Å². The Balaban J connectivity index is 1.47. The lowest BCUT2D eigenvalue weighted by Crippen LogP contribution is -2.32. The summed E-state index contributed by atoms with van der Waals surface area (Å²) in [4.78, 5) is 31.0. The van der Waals surface area contributed by atoms with Crippen LogP contribution < -0.4 is 11.1 Å². The zero-order chi connectivity index (χ0) is 25.9. The maximum Gasteiger partial charge on any atom is 0.240 e. The fourth-order valence-corrected chi connectivity index (χ4v) is 4.70. The number of rotatable bonds is 4. The van der Waals surface area contributed by atoms with Crippen LogP contribution in [0.3, 0.4) is 0 Å². The van der Waals surface area contributed by atoms with Crippen molar-refractivity contribution >= 4 is 23.2 Å². The average molecular weight is 499 g/mol. The Morgan fingerprint density at radius 3 is 2.78 bits per heavy atom. The predicted molar refractivity (Wildman–Crippen MR) is 131 cm³/mol. The topological polar surface area (TPSA) is 131 Å². The van der Waals surface area contributed by atoms with Gasteiger partial charge in [0.25, 0.3) is 0 Å². The molecule has 0 aliphatic carbocycles. The number of nitrogen functional groups attached to an aromatic ring is 1. The van der Waals surface area contributed by atoms with Crippen molar-refractivity contribution in [3.8, 4) is 17.3 Å². The molecule has 0 radical (unpaired) electrons. The fourth-order valence-electron chi connectivity index (χ4n) is 4.70.